The lowest BCUT2D eigenvalue weighted by Crippen LogP contribution is -1.96. The molecule has 0 bridgehead atoms. The maximum absolute atomic E-state index is 4.82. The van der Waals surface area contributed by atoms with Crippen LogP contribution in [0.15, 0.2) is 82.0 Å². The first-order valence-corrected chi connectivity index (χ1v) is 9.65. The van der Waals surface area contributed by atoms with Gasteiger partial charge in [0.15, 0.2) is 5.82 Å². The molecule has 2 aromatic carbocycles. The number of nitrogens with zero attached hydrogens (tertiary/aromatic N) is 4. The van der Waals surface area contributed by atoms with Crippen molar-refractivity contribution in [3.05, 3.63) is 83.6 Å². The van der Waals surface area contributed by atoms with Crippen molar-refractivity contribution in [1.29, 1.82) is 0 Å². The van der Waals surface area contributed by atoms with Crippen molar-refractivity contribution in [2.75, 3.05) is 0 Å². The van der Waals surface area contributed by atoms with Gasteiger partial charge in [0.2, 0.25) is 0 Å². The van der Waals surface area contributed by atoms with Crippen molar-refractivity contribution < 1.29 is 0 Å². The number of para-hydroxylation sites is 1. The van der Waals surface area contributed by atoms with Crippen molar-refractivity contribution >= 4 is 23.4 Å². The van der Waals surface area contributed by atoms with E-state index in [0.717, 1.165) is 17.1 Å². The molecule has 1 heterocycles. The molecule has 0 N–H and O–H groups in total. The van der Waals surface area contributed by atoms with Crippen molar-refractivity contribution in [3.8, 4) is 0 Å². The number of benzene rings is 2. The van der Waals surface area contributed by atoms with Crippen LogP contribution in [0.3, 0.4) is 0 Å². The first-order chi connectivity index (χ1) is 13.5. The van der Waals surface area contributed by atoms with Crippen LogP contribution in [0.5, 0.6) is 0 Å². The Labute approximate surface area is 167 Å². The van der Waals surface area contributed by atoms with Crippen LogP contribution in [0.25, 0.3) is 0 Å². The van der Waals surface area contributed by atoms with Crippen LogP contribution in [0.2, 0.25) is 0 Å². The summed E-state index contributed by atoms with van der Waals surface area (Å²) in [5.74, 6) is 1.38. The molecule has 1 aromatic heterocycles. The first-order valence-electron chi connectivity index (χ1n) is 9.65. The lowest BCUT2D eigenvalue weighted by Gasteiger charge is -2.16. The Hall–Kier alpha value is -3.14. The molecule has 0 saturated heterocycles. The Balaban J connectivity index is 1.89. The van der Waals surface area contributed by atoms with Crippen LogP contribution < -0.4 is 0 Å². The SMILES string of the molecule is CC(C)c1cccc(C(C)C)c1N=Cc1cccc(N=Nc2ccccc2)n1. The molecular weight excluding hydrogens is 344 g/mol. The Bertz CT molecular complexity index is 947. The van der Waals surface area contributed by atoms with Crippen LogP contribution in [0.1, 0.15) is 56.4 Å². The molecular formula is C24H26N4. The second kappa shape index (κ2) is 9.18. The number of hydrogen-bond donors (Lipinski definition) is 0. The van der Waals surface area contributed by atoms with E-state index < -0.39 is 0 Å². The van der Waals surface area contributed by atoms with E-state index in [9.17, 15) is 0 Å². The number of rotatable bonds is 6. The highest BCUT2D eigenvalue weighted by Crippen LogP contribution is 2.34. The molecule has 3 aromatic rings. The third kappa shape index (κ3) is 4.97. The Kier molecular flexibility index (Phi) is 6.43. The minimum Gasteiger partial charge on any atom is -0.254 e. The Morgan fingerprint density at radius 1 is 0.714 bits per heavy atom. The molecule has 0 amide bonds. The van der Waals surface area contributed by atoms with Crippen LogP contribution in [0, 0.1) is 0 Å². The second-order valence-electron chi connectivity index (χ2n) is 7.31. The van der Waals surface area contributed by atoms with E-state index >= 15 is 0 Å². The molecule has 0 saturated carbocycles. The summed E-state index contributed by atoms with van der Waals surface area (Å²) >= 11 is 0. The maximum atomic E-state index is 4.82. The third-order valence-electron chi connectivity index (χ3n) is 4.45. The number of azo groups is 1. The van der Waals surface area contributed by atoms with Gasteiger partial charge in [-0.25, -0.2) is 4.98 Å². The first kappa shape index (κ1) is 19.6. The zero-order chi connectivity index (χ0) is 19.9. The van der Waals surface area contributed by atoms with Gasteiger partial charge in [0.25, 0.3) is 0 Å². The normalized spacial score (nSPS) is 11.9. The van der Waals surface area contributed by atoms with Crippen LogP contribution in [-0.4, -0.2) is 11.2 Å². The van der Waals surface area contributed by atoms with Crippen LogP contribution in [-0.2, 0) is 0 Å². The van der Waals surface area contributed by atoms with Gasteiger partial charge in [-0.3, -0.25) is 4.99 Å². The quantitative estimate of drug-likeness (QED) is 0.327. The molecule has 28 heavy (non-hydrogen) atoms. The highest BCUT2D eigenvalue weighted by atomic mass is 15.1. The molecule has 0 atom stereocenters. The molecule has 0 aliphatic carbocycles. The van der Waals surface area contributed by atoms with Crippen LogP contribution in [0.4, 0.5) is 17.2 Å². The van der Waals surface area contributed by atoms with Gasteiger partial charge in [-0.05, 0) is 47.2 Å². The molecule has 3 rings (SSSR count). The molecule has 0 unspecified atom stereocenters. The minimum atomic E-state index is 0.407. The maximum Gasteiger partial charge on any atom is 0.175 e. The van der Waals surface area contributed by atoms with E-state index in [0.29, 0.717) is 17.7 Å². The summed E-state index contributed by atoms with van der Waals surface area (Å²) in [6.45, 7) is 8.78. The minimum absolute atomic E-state index is 0.407. The topological polar surface area (TPSA) is 50.0 Å². The van der Waals surface area contributed by atoms with Gasteiger partial charge in [-0.1, -0.05) is 70.2 Å². The number of pyridine rings is 1. The average molecular weight is 370 g/mol. The lowest BCUT2D eigenvalue weighted by molar-refractivity contribution is 0.835. The fraction of sp³-hybridized carbons (Fsp3) is 0.250. The van der Waals surface area contributed by atoms with E-state index in [4.69, 9.17) is 4.99 Å². The second-order valence-corrected chi connectivity index (χ2v) is 7.31. The molecule has 0 aliphatic rings. The summed E-state index contributed by atoms with van der Waals surface area (Å²) in [7, 11) is 0. The summed E-state index contributed by atoms with van der Waals surface area (Å²) in [4.78, 5) is 9.36. The summed E-state index contributed by atoms with van der Waals surface area (Å²) in [6, 6.07) is 21.8. The number of hydrogen-bond acceptors (Lipinski definition) is 4. The van der Waals surface area contributed by atoms with Crippen molar-refractivity contribution in [2.24, 2.45) is 15.2 Å². The average Bonchev–Trinajstić information content (AvgIpc) is 2.71. The molecule has 0 spiro atoms. The van der Waals surface area contributed by atoms with Gasteiger partial charge >= 0.3 is 0 Å². The summed E-state index contributed by atoms with van der Waals surface area (Å²) < 4.78 is 0. The van der Waals surface area contributed by atoms with Crippen molar-refractivity contribution in [3.63, 3.8) is 0 Å². The van der Waals surface area contributed by atoms with Crippen LogP contribution >= 0.6 is 0 Å². The highest BCUT2D eigenvalue weighted by molar-refractivity contribution is 5.81. The zero-order valence-corrected chi connectivity index (χ0v) is 16.9. The van der Waals surface area contributed by atoms with Gasteiger partial charge < -0.3 is 0 Å². The molecule has 0 radical (unpaired) electrons. The van der Waals surface area contributed by atoms with E-state index in [2.05, 4.69) is 61.1 Å². The number of aromatic nitrogens is 1. The zero-order valence-electron chi connectivity index (χ0n) is 16.9. The highest BCUT2D eigenvalue weighted by Gasteiger charge is 2.12. The molecule has 0 aliphatic heterocycles. The molecule has 4 nitrogen and oxygen atoms in total. The monoisotopic (exact) mass is 370 g/mol. The molecule has 0 fully saturated rings. The van der Waals surface area contributed by atoms with Gasteiger partial charge in [0.05, 0.1) is 23.3 Å². The Morgan fingerprint density at radius 2 is 1.36 bits per heavy atom. The predicted molar refractivity (Wildman–Crippen MR) is 117 cm³/mol. The van der Waals surface area contributed by atoms with Gasteiger partial charge in [-0.2, -0.15) is 0 Å². The van der Waals surface area contributed by atoms with E-state index in [1.54, 1.807) is 0 Å². The number of aliphatic imine (C=N–C) groups is 1. The smallest absolute Gasteiger partial charge is 0.175 e. The fourth-order valence-electron chi connectivity index (χ4n) is 2.96. The van der Waals surface area contributed by atoms with E-state index in [-0.39, 0.29) is 0 Å². The van der Waals surface area contributed by atoms with Crippen molar-refractivity contribution in [1.82, 2.24) is 4.98 Å². The summed E-state index contributed by atoms with van der Waals surface area (Å²) in [6.07, 6.45) is 1.81. The lowest BCUT2D eigenvalue weighted by atomic mass is 9.93. The van der Waals surface area contributed by atoms with E-state index in [1.807, 2.05) is 54.7 Å². The third-order valence-corrected chi connectivity index (χ3v) is 4.45. The standard InChI is InChI=1S/C24H26N4/c1-17(2)21-13-9-14-22(18(3)4)24(21)25-16-20-12-8-15-23(26-20)28-27-19-10-6-5-7-11-19/h5-18H,1-4H3. The van der Waals surface area contributed by atoms with Gasteiger partial charge in [-0.15, -0.1) is 10.2 Å². The van der Waals surface area contributed by atoms with Gasteiger partial charge in [0.1, 0.15) is 0 Å². The predicted octanol–water partition coefficient (Wildman–Crippen LogP) is 7.49. The van der Waals surface area contributed by atoms with Gasteiger partial charge in [0, 0.05) is 0 Å². The molecule has 4 heteroatoms. The molecule has 142 valence electrons. The largest absolute Gasteiger partial charge is 0.254 e. The van der Waals surface area contributed by atoms with Crippen molar-refractivity contribution in [2.45, 2.75) is 39.5 Å². The summed E-state index contributed by atoms with van der Waals surface area (Å²) in [5, 5.41) is 8.46. The Morgan fingerprint density at radius 3 is 2.00 bits per heavy atom. The fourth-order valence-corrected chi connectivity index (χ4v) is 2.96. The van der Waals surface area contributed by atoms with E-state index in [1.165, 1.54) is 11.1 Å². The summed E-state index contributed by atoms with van der Waals surface area (Å²) in [5.41, 5.74) is 5.11.